The van der Waals surface area contributed by atoms with Gasteiger partial charge in [-0.1, -0.05) is 27.7 Å². The highest BCUT2D eigenvalue weighted by atomic mass is 32.1. The third-order valence-corrected chi connectivity index (χ3v) is 3.55. The summed E-state index contributed by atoms with van der Waals surface area (Å²) in [6.07, 6.45) is 1.51. The van der Waals surface area contributed by atoms with Crippen LogP contribution in [0.15, 0.2) is 5.38 Å². The first-order chi connectivity index (χ1) is 8.93. The van der Waals surface area contributed by atoms with Crippen LogP contribution < -0.4 is 10.6 Å². The van der Waals surface area contributed by atoms with E-state index in [1.165, 1.54) is 0 Å². The van der Waals surface area contributed by atoms with Crippen molar-refractivity contribution < 1.29 is 4.79 Å². The molecule has 0 unspecified atom stereocenters. The first-order valence-corrected chi connectivity index (χ1v) is 7.73. The first-order valence-electron chi connectivity index (χ1n) is 6.85. The molecule has 0 fully saturated rings. The molecule has 1 heterocycles. The van der Waals surface area contributed by atoms with E-state index in [4.69, 9.17) is 0 Å². The topological polar surface area (TPSA) is 54.0 Å². The minimum Gasteiger partial charge on any atom is -0.356 e. The Morgan fingerprint density at radius 3 is 2.68 bits per heavy atom. The lowest BCUT2D eigenvalue weighted by molar-refractivity contribution is -0.120. The van der Waals surface area contributed by atoms with Crippen LogP contribution in [0.1, 0.15) is 51.2 Å². The standard InChI is InChI=1S/C14H25N3OS/c1-5-7-16-12(18)6-8-15-9-13-17-11(10-19-13)14(2,3)4/h10,15H,5-9H2,1-4H3,(H,16,18). The molecule has 0 aliphatic rings. The molecule has 1 aromatic rings. The number of aromatic nitrogens is 1. The van der Waals surface area contributed by atoms with Crippen molar-refractivity contribution in [2.45, 2.75) is 52.5 Å². The summed E-state index contributed by atoms with van der Waals surface area (Å²) in [6, 6.07) is 0. The van der Waals surface area contributed by atoms with E-state index in [-0.39, 0.29) is 11.3 Å². The van der Waals surface area contributed by atoms with Crippen molar-refractivity contribution in [3.63, 3.8) is 0 Å². The molecule has 0 radical (unpaired) electrons. The molecule has 5 heteroatoms. The number of nitrogens with zero attached hydrogens (tertiary/aromatic N) is 1. The Kier molecular flexibility index (Phi) is 6.45. The zero-order valence-electron chi connectivity index (χ0n) is 12.4. The van der Waals surface area contributed by atoms with E-state index in [0.29, 0.717) is 13.0 Å². The molecule has 2 N–H and O–H groups in total. The van der Waals surface area contributed by atoms with Gasteiger partial charge in [0.05, 0.1) is 5.69 Å². The molecule has 0 saturated heterocycles. The average molecular weight is 283 g/mol. The smallest absolute Gasteiger partial charge is 0.221 e. The Bertz CT molecular complexity index is 396. The fourth-order valence-corrected chi connectivity index (χ4v) is 2.48. The van der Waals surface area contributed by atoms with Gasteiger partial charge < -0.3 is 10.6 Å². The van der Waals surface area contributed by atoms with E-state index in [1.807, 2.05) is 6.92 Å². The second kappa shape index (κ2) is 7.60. The van der Waals surface area contributed by atoms with Crippen LogP contribution in [0, 0.1) is 0 Å². The van der Waals surface area contributed by atoms with Gasteiger partial charge in [0, 0.05) is 36.9 Å². The Labute approximate surface area is 120 Å². The number of amides is 1. The van der Waals surface area contributed by atoms with Gasteiger partial charge in [-0.15, -0.1) is 11.3 Å². The van der Waals surface area contributed by atoms with Crippen molar-refractivity contribution in [1.29, 1.82) is 0 Å². The van der Waals surface area contributed by atoms with Crippen LogP contribution in [-0.4, -0.2) is 24.0 Å². The lowest BCUT2D eigenvalue weighted by atomic mass is 9.93. The molecule has 1 aromatic heterocycles. The molecule has 1 rings (SSSR count). The fourth-order valence-electron chi connectivity index (χ4n) is 1.49. The summed E-state index contributed by atoms with van der Waals surface area (Å²) in [5, 5.41) is 9.32. The van der Waals surface area contributed by atoms with Crippen LogP contribution in [0.25, 0.3) is 0 Å². The maximum absolute atomic E-state index is 11.4. The lowest BCUT2D eigenvalue weighted by Crippen LogP contribution is -2.28. The van der Waals surface area contributed by atoms with Crippen molar-refractivity contribution >= 4 is 17.2 Å². The van der Waals surface area contributed by atoms with Gasteiger partial charge in [-0.05, 0) is 6.42 Å². The molecule has 0 aliphatic heterocycles. The zero-order valence-corrected chi connectivity index (χ0v) is 13.2. The van der Waals surface area contributed by atoms with Gasteiger partial charge in [0.15, 0.2) is 0 Å². The van der Waals surface area contributed by atoms with Gasteiger partial charge in [0.25, 0.3) is 0 Å². The monoisotopic (exact) mass is 283 g/mol. The summed E-state index contributed by atoms with van der Waals surface area (Å²) < 4.78 is 0. The van der Waals surface area contributed by atoms with Crippen molar-refractivity contribution in [2.24, 2.45) is 0 Å². The minimum atomic E-state index is 0.106. The molecule has 1 amide bonds. The van der Waals surface area contributed by atoms with E-state index in [1.54, 1.807) is 11.3 Å². The normalized spacial score (nSPS) is 11.6. The maximum atomic E-state index is 11.4. The molecule has 0 bridgehead atoms. The number of hydrogen-bond acceptors (Lipinski definition) is 4. The van der Waals surface area contributed by atoms with Gasteiger partial charge in [-0.2, -0.15) is 0 Å². The van der Waals surface area contributed by atoms with Gasteiger partial charge in [0.2, 0.25) is 5.91 Å². The zero-order chi connectivity index (χ0) is 14.3. The predicted octanol–water partition coefficient (Wildman–Crippen LogP) is 2.45. The number of carbonyl (C=O) groups excluding carboxylic acids is 1. The van der Waals surface area contributed by atoms with Gasteiger partial charge in [-0.25, -0.2) is 4.98 Å². The SMILES string of the molecule is CCCNC(=O)CCNCc1nc(C(C)(C)C)cs1. The van der Waals surface area contributed by atoms with Crippen molar-refractivity contribution in [3.05, 3.63) is 16.1 Å². The Morgan fingerprint density at radius 2 is 2.11 bits per heavy atom. The van der Waals surface area contributed by atoms with Crippen molar-refractivity contribution in [2.75, 3.05) is 13.1 Å². The third kappa shape index (κ3) is 6.16. The summed E-state index contributed by atoms with van der Waals surface area (Å²) in [5.74, 6) is 0.115. The highest BCUT2D eigenvalue weighted by molar-refractivity contribution is 7.09. The fraction of sp³-hybridized carbons (Fsp3) is 0.714. The second-order valence-electron chi connectivity index (χ2n) is 5.65. The van der Waals surface area contributed by atoms with E-state index < -0.39 is 0 Å². The van der Waals surface area contributed by atoms with E-state index in [0.717, 1.165) is 30.2 Å². The largest absolute Gasteiger partial charge is 0.356 e. The van der Waals surface area contributed by atoms with Gasteiger partial charge >= 0.3 is 0 Å². The molecule has 0 spiro atoms. The average Bonchev–Trinajstić information content (AvgIpc) is 2.80. The molecule has 0 saturated carbocycles. The molecular formula is C14H25N3OS. The molecule has 0 aromatic carbocycles. The lowest BCUT2D eigenvalue weighted by Gasteiger charge is -2.14. The summed E-state index contributed by atoms with van der Waals surface area (Å²) in [7, 11) is 0. The summed E-state index contributed by atoms with van der Waals surface area (Å²) in [5.41, 5.74) is 1.24. The Balaban J connectivity index is 2.23. The van der Waals surface area contributed by atoms with Crippen molar-refractivity contribution in [3.8, 4) is 0 Å². The van der Waals surface area contributed by atoms with Crippen LogP contribution >= 0.6 is 11.3 Å². The van der Waals surface area contributed by atoms with Crippen LogP contribution in [0.2, 0.25) is 0 Å². The van der Waals surface area contributed by atoms with Crippen LogP contribution in [0.5, 0.6) is 0 Å². The van der Waals surface area contributed by atoms with Crippen LogP contribution in [-0.2, 0) is 16.8 Å². The second-order valence-corrected chi connectivity index (χ2v) is 6.60. The van der Waals surface area contributed by atoms with Crippen LogP contribution in [0.4, 0.5) is 0 Å². The summed E-state index contributed by atoms with van der Waals surface area (Å²) in [4.78, 5) is 16.0. The van der Waals surface area contributed by atoms with Crippen LogP contribution in [0.3, 0.4) is 0 Å². The number of nitrogens with one attached hydrogen (secondary N) is 2. The number of carbonyl (C=O) groups is 1. The van der Waals surface area contributed by atoms with Gasteiger partial charge in [-0.3, -0.25) is 4.79 Å². The van der Waals surface area contributed by atoms with E-state index in [2.05, 4.69) is 41.8 Å². The number of thiazole rings is 1. The number of rotatable bonds is 7. The molecule has 4 nitrogen and oxygen atoms in total. The van der Waals surface area contributed by atoms with E-state index >= 15 is 0 Å². The Morgan fingerprint density at radius 1 is 1.37 bits per heavy atom. The minimum absolute atomic E-state index is 0.106. The molecular weight excluding hydrogens is 258 g/mol. The maximum Gasteiger partial charge on any atom is 0.221 e. The Hall–Kier alpha value is -0.940. The molecule has 0 aliphatic carbocycles. The van der Waals surface area contributed by atoms with Gasteiger partial charge in [0.1, 0.15) is 5.01 Å². The van der Waals surface area contributed by atoms with E-state index in [9.17, 15) is 4.79 Å². The third-order valence-electron chi connectivity index (χ3n) is 2.70. The highest BCUT2D eigenvalue weighted by Crippen LogP contribution is 2.23. The predicted molar refractivity (Wildman–Crippen MR) is 80.4 cm³/mol. The highest BCUT2D eigenvalue weighted by Gasteiger charge is 2.17. The summed E-state index contributed by atoms with van der Waals surface area (Å²) in [6.45, 7) is 10.7. The van der Waals surface area contributed by atoms with Crippen molar-refractivity contribution in [1.82, 2.24) is 15.6 Å². The summed E-state index contributed by atoms with van der Waals surface area (Å²) >= 11 is 1.67. The molecule has 108 valence electrons. The molecule has 19 heavy (non-hydrogen) atoms. The quantitative estimate of drug-likeness (QED) is 0.756. The number of hydrogen-bond donors (Lipinski definition) is 2. The first kappa shape index (κ1) is 16.1. The molecule has 0 atom stereocenters.